The molecule has 3 N–H and O–H groups in total. The molecule has 7 heteroatoms. The molecule has 0 aliphatic heterocycles. The summed E-state index contributed by atoms with van der Waals surface area (Å²) in [7, 11) is -4.00. The SMILES string of the molecule is Cc1cc(N)cc(S(=O)(=O)N(CCO)C2CCCC2)c1F. The Labute approximate surface area is 124 Å². The number of aliphatic hydroxyl groups is 1. The van der Waals surface area contributed by atoms with Gasteiger partial charge < -0.3 is 10.8 Å². The van der Waals surface area contributed by atoms with E-state index in [1.54, 1.807) is 0 Å². The second-order valence-electron chi connectivity index (χ2n) is 5.43. The number of hydrogen-bond donors (Lipinski definition) is 2. The standard InChI is InChI=1S/C14H21FN2O3S/c1-10-8-11(16)9-13(14(10)15)21(19,20)17(6-7-18)12-4-2-3-5-12/h8-9,12,18H,2-7,16H2,1H3. The molecular formula is C14H21FN2O3S. The van der Waals surface area contributed by atoms with Crippen molar-refractivity contribution in [2.75, 3.05) is 18.9 Å². The average Bonchev–Trinajstić information content (AvgIpc) is 2.93. The largest absolute Gasteiger partial charge is 0.399 e. The van der Waals surface area contributed by atoms with Gasteiger partial charge in [-0.3, -0.25) is 0 Å². The molecule has 0 unspecified atom stereocenters. The maximum atomic E-state index is 14.2. The van der Waals surface area contributed by atoms with Crippen LogP contribution < -0.4 is 5.73 Å². The van der Waals surface area contributed by atoms with E-state index in [1.807, 2.05) is 0 Å². The van der Waals surface area contributed by atoms with Crippen molar-refractivity contribution in [2.45, 2.75) is 43.5 Å². The molecule has 5 nitrogen and oxygen atoms in total. The van der Waals surface area contributed by atoms with Gasteiger partial charge in [-0.1, -0.05) is 12.8 Å². The number of hydrogen-bond acceptors (Lipinski definition) is 4. The lowest BCUT2D eigenvalue weighted by Crippen LogP contribution is -2.41. The van der Waals surface area contributed by atoms with Gasteiger partial charge in [0.2, 0.25) is 10.0 Å². The number of nitrogens with zero attached hydrogens (tertiary/aromatic N) is 1. The molecular weight excluding hydrogens is 295 g/mol. The van der Waals surface area contributed by atoms with Crippen LogP contribution in [0.15, 0.2) is 17.0 Å². The fourth-order valence-electron chi connectivity index (χ4n) is 2.87. The van der Waals surface area contributed by atoms with E-state index in [4.69, 9.17) is 10.8 Å². The summed E-state index contributed by atoms with van der Waals surface area (Å²) < 4.78 is 41.0. The maximum absolute atomic E-state index is 14.2. The minimum atomic E-state index is -4.00. The third kappa shape index (κ3) is 3.20. The van der Waals surface area contributed by atoms with Crippen molar-refractivity contribution in [3.63, 3.8) is 0 Å². The molecule has 0 spiro atoms. The van der Waals surface area contributed by atoms with Crippen LogP contribution in [0.2, 0.25) is 0 Å². The summed E-state index contributed by atoms with van der Waals surface area (Å²) in [6.45, 7) is 1.16. The van der Waals surface area contributed by atoms with Crippen LogP contribution in [-0.2, 0) is 10.0 Å². The number of rotatable bonds is 5. The fourth-order valence-corrected chi connectivity index (χ4v) is 4.72. The monoisotopic (exact) mass is 316 g/mol. The van der Waals surface area contributed by atoms with Gasteiger partial charge in [0.1, 0.15) is 10.7 Å². The molecule has 1 aromatic rings. The Balaban J connectivity index is 2.47. The molecule has 0 atom stereocenters. The molecule has 0 saturated heterocycles. The van der Waals surface area contributed by atoms with Gasteiger partial charge in [0, 0.05) is 18.3 Å². The number of halogens is 1. The van der Waals surface area contributed by atoms with Crippen molar-refractivity contribution < 1.29 is 17.9 Å². The molecule has 1 aliphatic carbocycles. The van der Waals surface area contributed by atoms with E-state index < -0.39 is 20.7 Å². The zero-order valence-corrected chi connectivity index (χ0v) is 12.9. The van der Waals surface area contributed by atoms with E-state index in [9.17, 15) is 12.8 Å². The van der Waals surface area contributed by atoms with Crippen LogP contribution in [0.25, 0.3) is 0 Å². The number of sulfonamides is 1. The van der Waals surface area contributed by atoms with Crippen molar-refractivity contribution in [2.24, 2.45) is 0 Å². The van der Waals surface area contributed by atoms with Crippen LogP contribution in [-0.4, -0.2) is 37.0 Å². The van der Waals surface area contributed by atoms with E-state index in [2.05, 4.69) is 0 Å². The third-order valence-electron chi connectivity index (χ3n) is 3.88. The highest BCUT2D eigenvalue weighted by atomic mass is 32.2. The average molecular weight is 316 g/mol. The Kier molecular flexibility index (Phi) is 4.85. The minimum absolute atomic E-state index is 0.0275. The molecule has 0 amide bonds. The smallest absolute Gasteiger partial charge is 0.246 e. The van der Waals surface area contributed by atoms with Crippen molar-refractivity contribution in [1.29, 1.82) is 0 Å². The van der Waals surface area contributed by atoms with Crippen molar-refractivity contribution in [1.82, 2.24) is 4.31 Å². The van der Waals surface area contributed by atoms with E-state index in [0.29, 0.717) is 0 Å². The summed E-state index contributed by atoms with van der Waals surface area (Å²) in [5, 5.41) is 9.16. The first kappa shape index (κ1) is 16.2. The van der Waals surface area contributed by atoms with Gasteiger partial charge in [0.15, 0.2) is 0 Å². The van der Waals surface area contributed by atoms with Gasteiger partial charge in [-0.05, 0) is 37.5 Å². The predicted octanol–water partition coefficient (Wildman–Crippen LogP) is 1.64. The number of nitrogen functional groups attached to an aromatic ring is 1. The second-order valence-corrected chi connectivity index (χ2v) is 7.29. The van der Waals surface area contributed by atoms with Crippen LogP contribution in [0.1, 0.15) is 31.2 Å². The molecule has 0 heterocycles. The summed E-state index contributed by atoms with van der Waals surface area (Å²) in [5.74, 6) is -0.773. The molecule has 2 rings (SSSR count). The van der Waals surface area contributed by atoms with Gasteiger partial charge in [-0.2, -0.15) is 4.31 Å². The molecule has 1 aromatic carbocycles. The first-order valence-corrected chi connectivity index (χ1v) is 8.50. The lowest BCUT2D eigenvalue weighted by molar-refractivity contribution is 0.226. The first-order valence-electron chi connectivity index (χ1n) is 7.06. The topological polar surface area (TPSA) is 83.6 Å². The number of aliphatic hydroxyl groups excluding tert-OH is 1. The Morgan fingerprint density at radius 3 is 2.57 bits per heavy atom. The van der Waals surface area contributed by atoms with E-state index in [-0.39, 0.29) is 30.4 Å². The summed E-state index contributed by atoms with van der Waals surface area (Å²) >= 11 is 0. The lowest BCUT2D eigenvalue weighted by atomic mass is 10.2. The van der Waals surface area contributed by atoms with Crippen LogP contribution >= 0.6 is 0 Å². The molecule has 1 saturated carbocycles. The molecule has 0 radical (unpaired) electrons. The minimum Gasteiger partial charge on any atom is -0.399 e. The second kappa shape index (κ2) is 6.29. The highest BCUT2D eigenvalue weighted by molar-refractivity contribution is 7.89. The van der Waals surface area contributed by atoms with E-state index in [1.165, 1.54) is 17.3 Å². The number of aryl methyl sites for hydroxylation is 1. The Morgan fingerprint density at radius 2 is 2.00 bits per heavy atom. The van der Waals surface area contributed by atoms with Crippen LogP contribution in [0.5, 0.6) is 0 Å². The van der Waals surface area contributed by atoms with Gasteiger partial charge in [0.05, 0.1) is 6.61 Å². The third-order valence-corrected chi connectivity index (χ3v) is 5.83. The van der Waals surface area contributed by atoms with Gasteiger partial charge in [0.25, 0.3) is 0 Å². The number of nitrogens with two attached hydrogens (primary N) is 1. The molecule has 1 aliphatic rings. The van der Waals surface area contributed by atoms with E-state index >= 15 is 0 Å². The van der Waals surface area contributed by atoms with Gasteiger partial charge in [-0.25, -0.2) is 12.8 Å². The van der Waals surface area contributed by atoms with Crippen LogP contribution in [0.4, 0.5) is 10.1 Å². The highest BCUT2D eigenvalue weighted by Gasteiger charge is 2.35. The molecule has 21 heavy (non-hydrogen) atoms. The van der Waals surface area contributed by atoms with Gasteiger partial charge in [-0.15, -0.1) is 0 Å². The quantitative estimate of drug-likeness (QED) is 0.809. The molecule has 118 valence electrons. The number of benzene rings is 1. The predicted molar refractivity (Wildman–Crippen MR) is 78.8 cm³/mol. The number of anilines is 1. The van der Waals surface area contributed by atoms with Crippen molar-refractivity contribution in [3.8, 4) is 0 Å². The van der Waals surface area contributed by atoms with E-state index in [0.717, 1.165) is 31.7 Å². The van der Waals surface area contributed by atoms with Crippen LogP contribution in [0, 0.1) is 12.7 Å². The summed E-state index contributed by atoms with van der Waals surface area (Å²) in [6, 6.07) is 2.38. The summed E-state index contributed by atoms with van der Waals surface area (Å²) in [6.07, 6.45) is 3.37. The summed E-state index contributed by atoms with van der Waals surface area (Å²) in [5.41, 5.74) is 6.06. The Morgan fingerprint density at radius 1 is 1.38 bits per heavy atom. The first-order chi connectivity index (χ1) is 9.87. The zero-order chi connectivity index (χ0) is 15.6. The van der Waals surface area contributed by atoms with Crippen LogP contribution in [0.3, 0.4) is 0 Å². The normalized spacial score (nSPS) is 16.8. The lowest BCUT2D eigenvalue weighted by Gasteiger charge is -2.27. The maximum Gasteiger partial charge on any atom is 0.246 e. The van der Waals surface area contributed by atoms with Crippen molar-refractivity contribution in [3.05, 3.63) is 23.5 Å². The Bertz CT molecular complexity index is 613. The highest BCUT2D eigenvalue weighted by Crippen LogP contribution is 2.31. The Hall–Kier alpha value is -1.18. The molecule has 0 bridgehead atoms. The molecule has 1 fully saturated rings. The van der Waals surface area contributed by atoms with Crippen molar-refractivity contribution >= 4 is 15.7 Å². The zero-order valence-electron chi connectivity index (χ0n) is 12.0. The molecule has 0 aromatic heterocycles. The van der Waals surface area contributed by atoms with Gasteiger partial charge >= 0.3 is 0 Å². The fraction of sp³-hybridized carbons (Fsp3) is 0.571. The summed E-state index contributed by atoms with van der Waals surface area (Å²) in [4.78, 5) is -0.402.